The van der Waals surface area contributed by atoms with E-state index in [1.807, 2.05) is 58.0 Å². The maximum absolute atomic E-state index is 12.7. The van der Waals surface area contributed by atoms with Gasteiger partial charge in [-0.05, 0) is 41.7 Å². The summed E-state index contributed by atoms with van der Waals surface area (Å²) >= 11 is 0. The Morgan fingerprint density at radius 2 is 1.81 bits per heavy atom. The zero-order valence-corrected chi connectivity index (χ0v) is 18.0. The van der Waals surface area contributed by atoms with Crippen LogP contribution in [0.3, 0.4) is 0 Å². The molecule has 7 heteroatoms. The van der Waals surface area contributed by atoms with Gasteiger partial charge in [-0.25, -0.2) is 4.79 Å². The van der Waals surface area contributed by atoms with E-state index in [9.17, 15) is 9.59 Å². The standard InChI is InChI=1S/C24H22N2O5/c1-13-8-6-7-9-17(13)21-25-22(31-26-21)18-11-15-10-16(24(3,4)5)12-19(29-14(2)27)20(15)30-23(18)28/h6-12H,1-5H3. The number of aromatic nitrogens is 2. The van der Waals surface area contributed by atoms with E-state index in [1.165, 1.54) is 6.92 Å². The molecular weight excluding hydrogens is 396 g/mol. The Hall–Kier alpha value is -3.74. The van der Waals surface area contributed by atoms with E-state index < -0.39 is 11.6 Å². The number of aryl methyl sites for hydroxylation is 1. The normalized spacial score (nSPS) is 11.6. The number of nitrogens with zero attached hydrogens (tertiary/aromatic N) is 2. The molecule has 2 heterocycles. The fraction of sp³-hybridized carbons (Fsp3) is 0.250. The Morgan fingerprint density at radius 1 is 1.06 bits per heavy atom. The molecule has 0 saturated heterocycles. The van der Waals surface area contributed by atoms with Crippen molar-refractivity contribution in [1.29, 1.82) is 0 Å². The molecule has 0 fully saturated rings. The van der Waals surface area contributed by atoms with Crippen LogP contribution in [0.25, 0.3) is 33.8 Å². The summed E-state index contributed by atoms with van der Waals surface area (Å²) in [6.45, 7) is 9.36. The first kappa shape index (κ1) is 20.5. The minimum absolute atomic E-state index is 0.0594. The van der Waals surface area contributed by atoms with Crippen molar-refractivity contribution in [2.45, 2.75) is 40.0 Å². The SMILES string of the molecule is CC(=O)Oc1cc(C(C)(C)C)cc2cc(-c3nc(-c4ccccc4C)no3)c(=O)oc12. The second-order valence-corrected chi connectivity index (χ2v) is 8.42. The third kappa shape index (κ3) is 3.99. The lowest BCUT2D eigenvalue weighted by molar-refractivity contribution is -0.131. The Balaban J connectivity index is 1.89. The smallest absolute Gasteiger partial charge is 0.349 e. The molecule has 7 nitrogen and oxygen atoms in total. The first-order valence-electron chi connectivity index (χ1n) is 9.84. The van der Waals surface area contributed by atoms with Crippen molar-refractivity contribution in [3.8, 4) is 28.6 Å². The molecule has 0 atom stereocenters. The highest BCUT2D eigenvalue weighted by atomic mass is 16.5. The number of esters is 1. The Bertz CT molecular complexity index is 1360. The van der Waals surface area contributed by atoms with Crippen LogP contribution in [0.4, 0.5) is 0 Å². The van der Waals surface area contributed by atoms with Crippen LogP contribution in [0.15, 0.2) is 56.2 Å². The number of hydrogen-bond acceptors (Lipinski definition) is 7. The largest absolute Gasteiger partial charge is 0.423 e. The maximum atomic E-state index is 12.7. The third-order valence-electron chi connectivity index (χ3n) is 4.96. The van der Waals surface area contributed by atoms with Crippen LogP contribution < -0.4 is 10.4 Å². The number of carbonyl (C=O) groups excluding carboxylic acids is 1. The van der Waals surface area contributed by atoms with E-state index in [1.54, 1.807) is 12.1 Å². The van der Waals surface area contributed by atoms with Gasteiger partial charge in [0.05, 0.1) is 0 Å². The average molecular weight is 418 g/mol. The Morgan fingerprint density at radius 3 is 2.48 bits per heavy atom. The van der Waals surface area contributed by atoms with E-state index in [2.05, 4.69) is 10.1 Å². The highest BCUT2D eigenvalue weighted by molar-refractivity contribution is 5.88. The van der Waals surface area contributed by atoms with Gasteiger partial charge in [0.1, 0.15) is 5.56 Å². The molecule has 0 N–H and O–H groups in total. The van der Waals surface area contributed by atoms with Gasteiger partial charge in [0.25, 0.3) is 5.89 Å². The fourth-order valence-electron chi connectivity index (χ4n) is 3.28. The summed E-state index contributed by atoms with van der Waals surface area (Å²) < 4.78 is 16.2. The molecule has 0 unspecified atom stereocenters. The fourth-order valence-corrected chi connectivity index (χ4v) is 3.28. The van der Waals surface area contributed by atoms with E-state index in [-0.39, 0.29) is 28.2 Å². The molecule has 0 bridgehead atoms. The van der Waals surface area contributed by atoms with Gasteiger partial charge in [-0.3, -0.25) is 4.79 Å². The van der Waals surface area contributed by atoms with Crippen LogP contribution in [0, 0.1) is 6.92 Å². The quantitative estimate of drug-likeness (QED) is 0.261. The lowest BCUT2D eigenvalue weighted by Gasteiger charge is -2.20. The predicted octanol–water partition coefficient (Wildman–Crippen LogP) is 5.04. The molecule has 158 valence electrons. The van der Waals surface area contributed by atoms with Gasteiger partial charge in [0, 0.05) is 17.9 Å². The molecule has 0 aliphatic rings. The van der Waals surface area contributed by atoms with Gasteiger partial charge >= 0.3 is 11.6 Å². The molecule has 4 rings (SSSR count). The number of ether oxygens (including phenoxy) is 1. The third-order valence-corrected chi connectivity index (χ3v) is 4.96. The second kappa shape index (κ2) is 7.50. The highest BCUT2D eigenvalue weighted by Crippen LogP contribution is 2.34. The lowest BCUT2D eigenvalue weighted by atomic mass is 9.86. The van der Waals surface area contributed by atoms with Gasteiger partial charge in [-0.2, -0.15) is 4.98 Å². The van der Waals surface area contributed by atoms with Crippen LogP contribution in [-0.4, -0.2) is 16.1 Å². The minimum atomic E-state index is -0.663. The average Bonchev–Trinajstić information content (AvgIpc) is 3.16. The molecule has 31 heavy (non-hydrogen) atoms. The molecule has 0 saturated carbocycles. The maximum Gasteiger partial charge on any atom is 0.349 e. The van der Waals surface area contributed by atoms with Crippen LogP contribution in [-0.2, 0) is 10.2 Å². The number of fused-ring (bicyclic) bond motifs is 1. The van der Waals surface area contributed by atoms with E-state index in [0.717, 1.165) is 16.7 Å². The molecule has 0 amide bonds. The van der Waals surface area contributed by atoms with Crippen molar-refractivity contribution in [2.75, 3.05) is 0 Å². The van der Waals surface area contributed by atoms with Crippen molar-refractivity contribution >= 4 is 16.9 Å². The molecule has 2 aromatic heterocycles. The number of benzene rings is 2. The summed E-state index contributed by atoms with van der Waals surface area (Å²) in [6.07, 6.45) is 0. The summed E-state index contributed by atoms with van der Waals surface area (Å²) in [5, 5.41) is 4.61. The number of hydrogen-bond donors (Lipinski definition) is 0. The first-order chi connectivity index (χ1) is 14.6. The summed E-state index contributed by atoms with van der Waals surface area (Å²) in [6, 6.07) is 12.9. The first-order valence-corrected chi connectivity index (χ1v) is 9.84. The molecule has 0 aliphatic heterocycles. The molecule has 0 radical (unpaired) electrons. The van der Waals surface area contributed by atoms with Crippen molar-refractivity contribution in [3.05, 3.63) is 64.0 Å². The molecule has 2 aromatic carbocycles. The van der Waals surface area contributed by atoms with Gasteiger partial charge in [-0.1, -0.05) is 50.2 Å². The second-order valence-electron chi connectivity index (χ2n) is 8.42. The number of carbonyl (C=O) groups is 1. The Labute approximate surface area is 178 Å². The topological polar surface area (TPSA) is 95.4 Å². The Kier molecular flexibility index (Phi) is 4.97. The van der Waals surface area contributed by atoms with Crippen LogP contribution in [0.1, 0.15) is 38.8 Å². The molecule has 0 aliphatic carbocycles. The van der Waals surface area contributed by atoms with Crippen LogP contribution >= 0.6 is 0 Å². The molecule has 0 spiro atoms. The van der Waals surface area contributed by atoms with Crippen LogP contribution in [0.2, 0.25) is 0 Å². The van der Waals surface area contributed by atoms with Gasteiger partial charge in [0.2, 0.25) is 5.82 Å². The zero-order valence-electron chi connectivity index (χ0n) is 18.0. The number of rotatable bonds is 3. The van der Waals surface area contributed by atoms with Crippen LogP contribution in [0.5, 0.6) is 5.75 Å². The van der Waals surface area contributed by atoms with Gasteiger partial charge in [-0.15, -0.1) is 0 Å². The lowest BCUT2D eigenvalue weighted by Crippen LogP contribution is -2.13. The predicted molar refractivity (Wildman–Crippen MR) is 116 cm³/mol. The minimum Gasteiger partial charge on any atom is -0.423 e. The van der Waals surface area contributed by atoms with Crippen molar-refractivity contribution in [2.24, 2.45) is 0 Å². The summed E-state index contributed by atoms with van der Waals surface area (Å²) in [5.41, 5.74) is 2.17. The van der Waals surface area contributed by atoms with E-state index >= 15 is 0 Å². The summed E-state index contributed by atoms with van der Waals surface area (Å²) in [4.78, 5) is 28.7. The van der Waals surface area contributed by atoms with Crippen molar-refractivity contribution in [1.82, 2.24) is 10.1 Å². The molecular formula is C24H22N2O5. The monoisotopic (exact) mass is 418 g/mol. The zero-order chi connectivity index (χ0) is 22.3. The van der Waals surface area contributed by atoms with Gasteiger partial charge in [0.15, 0.2) is 11.3 Å². The van der Waals surface area contributed by atoms with Gasteiger partial charge < -0.3 is 13.7 Å². The summed E-state index contributed by atoms with van der Waals surface area (Å²) in [7, 11) is 0. The van der Waals surface area contributed by atoms with E-state index in [0.29, 0.717) is 11.2 Å². The summed E-state index contributed by atoms with van der Waals surface area (Å²) in [5.74, 6) is 0.143. The van der Waals surface area contributed by atoms with Crippen molar-refractivity contribution in [3.63, 3.8) is 0 Å². The van der Waals surface area contributed by atoms with Crippen molar-refractivity contribution < 1.29 is 18.5 Å². The molecule has 4 aromatic rings. The van der Waals surface area contributed by atoms with E-state index in [4.69, 9.17) is 13.7 Å². The highest BCUT2D eigenvalue weighted by Gasteiger charge is 2.22.